The van der Waals surface area contributed by atoms with Crippen LogP contribution in [-0.4, -0.2) is 15.5 Å². The van der Waals surface area contributed by atoms with Crippen LogP contribution >= 0.6 is 0 Å². The summed E-state index contributed by atoms with van der Waals surface area (Å²) in [5.74, 6) is -0.195. The molecule has 5 heteroatoms. The van der Waals surface area contributed by atoms with Gasteiger partial charge in [-0.25, -0.2) is 4.98 Å². The highest BCUT2D eigenvalue weighted by Crippen LogP contribution is 2.17. The molecule has 5 nitrogen and oxygen atoms in total. The van der Waals surface area contributed by atoms with E-state index < -0.39 is 0 Å². The van der Waals surface area contributed by atoms with E-state index in [1.54, 1.807) is 29.7 Å². The van der Waals surface area contributed by atoms with Crippen LogP contribution in [0, 0.1) is 13.8 Å². The minimum atomic E-state index is -0.195. The molecule has 1 N–H and O–H groups in total. The molecule has 0 aliphatic carbocycles. The third kappa shape index (κ3) is 2.80. The number of hydrogen-bond donors (Lipinski definition) is 1. The molecule has 0 radical (unpaired) electrons. The van der Waals surface area contributed by atoms with Crippen molar-refractivity contribution in [3.8, 4) is 0 Å². The van der Waals surface area contributed by atoms with Crippen molar-refractivity contribution in [2.75, 3.05) is 5.32 Å². The van der Waals surface area contributed by atoms with Gasteiger partial charge in [-0.3, -0.25) is 9.59 Å². The number of fused-ring (bicyclic) bond motifs is 1. The topological polar surface area (TPSA) is 64.0 Å². The van der Waals surface area contributed by atoms with Gasteiger partial charge in [-0.1, -0.05) is 18.2 Å². The predicted octanol–water partition coefficient (Wildman–Crippen LogP) is 3.29. The second kappa shape index (κ2) is 6.28. The monoisotopic (exact) mass is 321 g/mol. The van der Waals surface area contributed by atoms with Gasteiger partial charge < -0.3 is 9.88 Å². The highest BCUT2D eigenvalue weighted by molar-refractivity contribution is 6.06. The van der Waals surface area contributed by atoms with Crippen LogP contribution in [0.5, 0.6) is 0 Å². The zero-order valence-electron chi connectivity index (χ0n) is 14.0. The van der Waals surface area contributed by atoms with Crippen LogP contribution in [0.25, 0.3) is 11.0 Å². The van der Waals surface area contributed by atoms with E-state index >= 15 is 0 Å². The predicted molar refractivity (Wildman–Crippen MR) is 95.5 cm³/mol. The highest BCUT2D eigenvalue weighted by Gasteiger charge is 2.12. The van der Waals surface area contributed by atoms with Gasteiger partial charge in [-0.15, -0.1) is 0 Å². The smallest absolute Gasteiger partial charge is 0.272 e. The zero-order valence-corrected chi connectivity index (χ0v) is 14.0. The number of aromatic nitrogens is 2. The highest BCUT2D eigenvalue weighted by atomic mass is 16.1. The van der Waals surface area contributed by atoms with E-state index in [1.165, 1.54) is 0 Å². The summed E-state index contributed by atoms with van der Waals surface area (Å²) < 4.78 is 1.67. The normalized spacial score (nSPS) is 10.8. The second-order valence-corrected chi connectivity index (χ2v) is 5.72. The van der Waals surface area contributed by atoms with Gasteiger partial charge >= 0.3 is 0 Å². The van der Waals surface area contributed by atoms with E-state index in [0.29, 0.717) is 23.3 Å². The first-order valence-corrected chi connectivity index (χ1v) is 7.89. The fourth-order valence-electron chi connectivity index (χ4n) is 2.74. The summed E-state index contributed by atoms with van der Waals surface area (Å²) >= 11 is 0. The maximum Gasteiger partial charge on any atom is 0.272 e. The van der Waals surface area contributed by atoms with Gasteiger partial charge in [0.25, 0.3) is 11.5 Å². The Kier molecular flexibility index (Phi) is 4.16. The van der Waals surface area contributed by atoms with Crippen LogP contribution in [0.3, 0.4) is 0 Å². The third-order valence-corrected chi connectivity index (χ3v) is 4.08. The molecule has 0 atom stereocenters. The summed E-state index contributed by atoms with van der Waals surface area (Å²) in [7, 11) is 0. The molecule has 2 aromatic carbocycles. The van der Waals surface area contributed by atoms with E-state index in [0.717, 1.165) is 16.8 Å². The van der Waals surface area contributed by atoms with Gasteiger partial charge in [0.2, 0.25) is 0 Å². The Morgan fingerprint density at radius 2 is 1.92 bits per heavy atom. The van der Waals surface area contributed by atoms with Crippen molar-refractivity contribution >= 4 is 22.6 Å². The van der Waals surface area contributed by atoms with Crippen LogP contribution in [0.15, 0.2) is 47.3 Å². The van der Waals surface area contributed by atoms with Gasteiger partial charge in [-0.05, 0) is 50.6 Å². The Morgan fingerprint density at radius 1 is 1.17 bits per heavy atom. The number of nitrogens with zero attached hydrogens (tertiary/aromatic N) is 2. The van der Waals surface area contributed by atoms with Gasteiger partial charge in [0.05, 0.1) is 11.0 Å². The molecule has 0 saturated heterocycles. The number of carbonyl (C=O) groups excluding carboxylic acids is 1. The largest absolute Gasteiger partial charge is 0.322 e. The number of aryl methyl sites for hydroxylation is 3. The number of para-hydroxylation sites is 1. The lowest BCUT2D eigenvalue weighted by Crippen LogP contribution is -2.23. The molecule has 3 rings (SSSR count). The first-order chi connectivity index (χ1) is 11.5. The molecule has 3 aromatic rings. The SMILES string of the molecule is CCn1c(=O)c(C)nc2cc(C(=O)Nc3ccccc3C)ccc21. The molecule has 1 aromatic heterocycles. The molecular weight excluding hydrogens is 302 g/mol. The standard InChI is InChI=1S/C19H19N3O2/c1-4-22-17-10-9-14(11-16(17)20-13(3)19(22)24)18(23)21-15-8-6-5-7-12(15)2/h5-11H,4H2,1-3H3,(H,21,23). The molecule has 122 valence electrons. The summed E-state index contributed by atoms with van der Waals surface area (Å²) in [6, 6.07) is 12.8. The first-order valence-electron chi connectivity index (χ1n) is 7.89. The maximum absolute atomic E-state index is 12.5. The fraction of sp³-hybridized carbons (Fsp3) is 0.211. The van der Waals surface area contributed by atoms with E-state index in [-0.39, 0.29) is 11.5 Å². The number of anilines is 1. The summed E-state index contributed by atoms with van der Waals surface area (Å²) in [6.45, 7) is 6.11. The van der Waals surface area contributed by atoms with Gasteiger partial charge in [-0.2, -0.15) is 0 Å². The number of hydrogen-bond acceptors (Lipinski definition) is 3. The average molecular weight is 321 g/mol. The van der Waals surface area contributed by atoms with E-state index in [1.807, 2.05) is 38.1 Å². The molecule has 0 fully saturated rings. The summed E-state index contributed by atoms with van der Waals surface area (Å²) in [4.78, 5) is 29.0. The van der Waals surface area contributed by atoms with Crippen LogP contribution in [0.1, 0.15) is 28.5 Å². The molecule has 0 bridgehead atoms. The Morgan fingerprint density at radius 3 is 2.62 bits per heavy atom. The molecule has 0 aliphatic heterocycles. The van der Waals surface area contributed by atoms with Gasteiger partial charge in [0.1, 0.15) is 5.69 Å². The number of benzene rings is 2. The summed E-state index contributed by atoms with van der Waals surface area (Å²) in [5, 5.41) is 2.91. The van der Waals surface area contributed by atoms with Crippen molar-refractivity contribution in [2.24, 2.45) is 0 Å². The summed E-state index contributed by atoms with van der Waals surface area (Å²) in [5.41, 5.74) is 4.01. The van der Waals surface area contributed by atoms with Crippen LogP contribution in [0.2, 0.25) is 0 Å². The zero-order chi connectivity index (χ0) is 17.3. The third-order valence-electron chi connectivity index (χ3n) is 4.08. The van der Waals surface area contributed by atoms with Gasteiger partial charge in [0, 0.05) is 17.8 Å². The number of carbonyl (C=O) groups is 1. The fourth-order valence-corrected chi connectivity index (χ4v) is 2.74. The Labute approximate surface area is 140 Å². The lowest BCUT2D eigenvalue weighted by Gasteiger charge is -2.11. The van der Waals surface area contributed by atoms with E-state index in [9.17, 15) is 9.59 Å². The Bertz CT molecular complexity index is 990. The molecule has 0 saturated carbocycles. The minimum absolute atomic E-state index is 0.0953. The average Bonchev–Trinajstić information content (AvgIpc) is 2.57. The summed E-state index contributed by atoms with van der Waals surface area (Å²) in [6.07, 6.45) is 0. The molecule has 0 aliphatic rings. The van der Waals surface area contributed by atoms with Crippen molar-refractivity contribution in [3.63, 3.8) is 0 Å². The Hall–Kier alpha value is -2.95. The second-order valence-electron chi connectivity index (χ2n) is 5.72. The lowest BCUT2D eigenvalue weighted by atomic mass is 10.1. The maximum atomic E-state index is 12.5. The molecule has 1 heterocycles. The van der Waals surface area contributed by atoms with Crippen LogP contribution < -0.4 is 10.9 Å². The van der Waals surface area contributed by atoms with Crippen LogP contribution in [-0.2, 0) is 6.54 Å². The number of nitrogens with one attached hydrogen (secondary N) is 1. The number of amides is 1. The molecule has 0 unspecified atom stereocenters. The lowest BCUT2D eigenvalue weighted by molar-refractivity contribution is 0.102. The van der Waals surface area contributed by atoms with Crippen molar-refractivity contribution in [1.82, 2.24) is 9.55 Å². The molecule has 0 spiro atoms. The van der Waals surface area contributed by atoms with Gasteiger partial charge in [0.15, 0.2) is 0 Å². The van der Waals surface area contributed by atoms with Crippen molar-refractivity contribution < 1.29 is 4.79 Å². The molecule has 1 amide bonds. The molecule has 24 heavy (non-hydrogen) atoms. The van der Waals surface area contributed by atoms with Crippen molar-refractivity contribution in [3.05, 3.63) is 69.6 Å². The minimum Gasteiger partial charge on any atom is -0.322 e. The van der Waals surface area contributed by atoms with Crippen LogP contribution in [0.4, 0.5) is 5.69 Å². The quantitative estimate of drug-likeness (QED) is 0.805. The van der Waals surface area contributed by atoms with Crippen molar-refractivity contribution in [2.45, 2.75) is 27.3 Å². The molecular formula is C19H19N3O2. The van der Waals surface area contributed by atoms with E-state index in [2.05, 4.69) is 10.3 Å². The van der Waals surface area contributed by atoms with E-state index in [4.69, 9.17) is 0 Å². The Balaban J connectivity index is 2.02. The van der Waals surface area contributed by atoms with Crippen molar-refractivity contribution in [1.29, 1.82) is 0 Å². The number of rotatable bonds is 3. The first kappa shape index (κ1) is 15.9.